The first-order valence-electron chi connectivity index (χ1n) is 10.0. The maximum Gasteiger partial charge on any atom is 0.505 e. The summed E-state index contributed by atoms with van der Waals surface area (Å²) in [7, 11) is -1.91. The van der Waals surface area contributed by atoms with Gasteiger partial charge in [-0.3, -0.25) is 14.9 Å². The molecule has 1 fully saturated rings. The molecule has 172 valence electrons. The molecule has 1 amide bonds. The minimum Gasteiger partial charge on any atom is -0.504 e. The quantitative estimate of drug-likeness (QED) is 0.0826. The molecule has 32 heavy (non-hydrogen) atoms. The van der Waals surface area contributed by atoms with E-state index in [1.807, 2.05) is 19.6 Å². The fraction of sp³-hybridized carbons (Fsp3) is 0.500. The summed E-state index contributed by atoms with van der Waals surface area (Å²) in [6, 6.07) is 4.84. The van der Waals surface area contributed by atoms with Crippen LogP contribution in [0.25, 0.3) is 4.98 Å². The van der Waals surface area contributed by atoms with Crippen molar-refractivity contribution in [2.75, 3.05) is 0 Å². The number of aliphatic hydroxyl groups excluding tert-OH is 1. The van der Waals surface area contributed by atoms with Crippen molar-refractivity contribution in [2.24, 2.45) is 11.8 Å². The van der Waals surface area contributed by atoms with Gasteiger partial charge in [-0.2, -0.15) is 0 Å². The Labute approximate surface area is 186 Å². The van der Waals surface area contributed by atoms with E-state index >= 15 is 0 Å². The van der Waals surface area contributed by atoms with E-state index in [1.165, 1.54) is 24.3 Å². The van der Waals surface area contributed by atoms with Crippen LogP contribution in [0.4, 0.5) is 5.69 Å². The standard InChI is InChI=1S/C20H26N4O7Si/c1-11(16-15(19(26)22-16)12(2)31-32(3,4)5)18(25)17(23-21)20(27)30-10-13-6-8-14(9-7-13)24(28)29/h6-9,11-12,15-16H,10H2,1-5H3,(H-,22,25,26,27)/p+1/t11-,12-,15-,16-/m1/s1. The molecule has 2 N–H and O–H groups in total. The summed E-state index contributed by atoms with van der Waals surface area (Å²) in [6.07, 6.45) is -0.390. The summed E-state index contributed by atoms with van der Waals surface area (Å²) in [5.74, 6) is -3.11. The van der Waals surface area contributed by atoms with Crippen LogP contribution >= 0.6 is 0 Å². The van der Waals surface area contributed by atoms with E-state index in [2.05, 4.69) is 10.3 Å². The molecule has 0 bridgehead atoms. The Morgan fingerprint density at radius 1 is 1.31 bits per heavy atom. The second-order valence-corrected chi connectivity index (χ2v) is 13.1. The molecule has 1 saturated heterocycles. The van der Waals surface area contributed by atoms with Gasteiger partial charge in [0, 0.05) is 18.1 Å². The number of diazo groups is 1. The van der Waals surface area contributed by atoms with Gasteiger partial charge in [0.2, 0.25) is 17.1 Å². The third-order valence-electron chi connectivity index (χ3n) is 5.07. The van der Waals surface area contributed by atoms with Gasteiger partial charge in [0.25, 0.3) is 5.69 Å². The number of hydrogen-bond acceptors (Lipinski definition) is 8. The third kappa shape index (κ3) is 5.89. The Morgan fingerprint density at radius 3 is 2.38 bits per heavy atom. The van der Waals surface area contributed by atoms with Crippen molar-refractivity contribution in [1.29, 1.82) is 5.39 Å². The number of carbonyl (C=O) groups is 2. The normalized spacial score (nSPS) is 20.7. The topological polar surface area (TPSA) is 156 Å². The molecule has 1 aromatic rings. The zero-order valence-corrected chi connectivity index (χ0v) is 19.6. The summed E-state index contributed by atoms with van der Waals surface area (Å²) in [5.41, 5.74) is -0.322. The lowest BCUT2D eigenvalue weighted by Crippen LogP contribution is -2.65. The highest BCUT2D eigenvalue weighted by molar-refractivity contribution is 6.69. The van der Waals surface area contributed by atoms with E-state index in [1.54, 1.807) is 13.8 Å². The van der Waals surface area contributed by atoms with Gasteiger partial charge in [0.1, 0.15) is 6.61 Å². The van der Waals surface area contributed by atoms with Crippen LogP contribution in [0.5, 0.6) is 0 Å². The van der Waals surface area contributed by atoms with E-state index in [9.17, 15) is 30.2 Å². The number of benzene rings is 1. The van der Waals surface area contributed by atoms with Crippen molar-refractivity contribution in [3.05, 3.63) is 56.4 Å². The molecule has 1 heterocycles. The van der Waals surface area contributed by atoms with Gasteiger partial charge in [-0.05, 0) is 44.3 Å². The molecular weight excluding hydrogens is 436 g/mol. The number of nitro benzene ring substituents is 1. The van der Waals surface area contributed by atoms with Crippen LogP contribution in [-0.2, 0) is 25.4 Å². The molecule has 1 aliphatic heterocycles. The van der Waals surface area contributed by atoms with Crippen LogP contribution in [0.15, 0.2) is 35.7 Å². The SMILES string of the molecule is C[C@@H](O[Si](C)(C)C)[C@H]1C(=O)N[C@@H]1[C@@H](C)/C(O)=C(\[N+]#N)C(=O)OCc1ccc([N+](=O)[O-])cc1. The van der Waals surface area contributed by atoms with E-state index in [-0.39, 0.29) is 24.3 Å². The molecule has 0 aromatic heterocycles. The van der Waals surface area contributed by atoms with Gasteiger partial charge in [0.15, 0.2) is 13.3 Å². The van der Waals surface area contributed by atoms with Crippen LogP contribution in [0.1, 0.15) is 19.4 Å². The number of β-lactam (4-membered cyclic amide) rings is 1. The first-order valence-corrected chi connectivity index (χ1v) is 13.4. The molecule has 1 aromatic carbocycles. The molecular formula is C20H27N4O7Si+. The number of esters is 1. The van der Waals surface area contributed by atoms with Gasteiger partial charge < -0.3 is 19.6 Å². The smallest absolute Gasteiger partial charge is 0.504 e. The molecule has 11 nitrogen and oxygen atoms in total. The number of non-ortho nitro benzene ring substituents is 1. The van der Waals surface area contributed by atoms with Gasteiger partial charge in [-0.25, -0.2) is 4.79 Å². The molecule has 0 spiro atoms. The first kappa shape index (κ1) is 25.0. The van der Waals surface area contributed by atoms with Gasteiger partial charge in [-0.15, -0.1) is 0 Å². The van der Waals surface area contributed by atoms with Crippen LogP contribution in [0.2, 0.25) is 19.6 Å². The van der Waals surface area contributed by atoms with E-state index < -0.39 is 48.5 Å². The summed E-state index contributed by atoms with van der Waals surface area (Å²) in [5, 5.41) is 33.3. The molecule has 0 aliphatic carbocycles. The molecule has 0 saturated carbocycles. The number of nitrogens with zero attached hydrogens (tertiary/aromatic N) is 3. The van der Waals surface area contributed by atoms with Gasteiger partial charge in [-0.1, -0.05) is 6.92 Å². The van der Waals surface area contributed by atoms with Crippen molar-refractivity contribution in [2.45, 2.75) is 52.2 Å². The maximum atomic E-state index is 12.4. The van der Waals surface area contributed by atoms with E-state index in [0.29, 0.717) is 5.56 Å². The summed E-state index contributed by atoms with van der Waals surface area (Å²) >= 11 is 0. The Balaban J connectivity index is 2.09. The van der Waals surface area contributed by atoms with Crippen LogP contribution in [0.3, 0.4) is 0 Å². The second-order valence-electron chi connectivity index (χ2n) is 8.62. The number of rotatable bonds is 9. The largest absolute Gasteiger partial charge is 0.505 e. The van der Waals surface area contributed by atoms with E-state index in [0.717, 1.165) is 0 Å². The number of hydrogen-bond donors (Lipinski definition) is 2. The van der Waals surface area contributed by atoms with Gasteiger partial charge in [0.05, 0.1) is 23.0 Å². The van der Waals surface area contributed by atoms with Crippen molar-refractivity contribution in [3.63, 3.8) is 0 Å². The molecule has 0 radical (unpaired) electrons. The predicted molar refractivity (Wildman–Crippen MR) is 116 cm³/mol. The fourth-order valence-electron chi connectivity index (χ4n) is 3.50. The monoisotopic (exact) mass is 463 g/mol. The van der Waals surface area contributed by atoms with Crippen molar-refractivity contribution >= 4 is 25.9 Å². The van der Waals surface area contributed by atoms with Gasteiger partial charge >= 0.3 is 11.7 Å². The highest BCUT2D eigenvalue weighted by Crippen LogP contribution is 2.32. The van der Waals surface area contributed by atoms with Crippen LogP contribution < -0.4 is 5.32 Å². The molecule has 1 aliphatic rings. The van der Waals surface area contributed by atoms with Crippen LogP contribution in [0, 0.1) is 27.3 Å². The zero-order chi connectivity index (χ0) is 24.2. The molecule has 12 heteroatoms. The minimum absolute atomic E-state index is 0.109. The Hall–Kier alpha value is -3.30. The van der Waals surface area contributed by atoms with Crippen molar-refractivity contribution in [3.8, 4) is 0 Å². The average molecular weight is 464 g/mol. The average Bonchev–Trinajstić information content (AvgIpc) is 2.69. The highest BCUT2D eigenvalue weighted by Gasteiger charge is 2.50. The second kappa shape index (κ2) is 9.88. The van der Waals surface area contributed by atoms with Crippen molar-refractivity contribution in [1.82, 2.24) is 5.32 Å². The summed E-state index contributed by atoms with van der Waals surface area (Å²) in [4.78, 5) is 37.5. The zero-order valence-electron chi connectivity index (χ0n) is 18.6. The Bertz CT molecular complexity index is 966. The summed E-state index contributed by atoms with van der Waals surface area (Å²) in [6.45, 7) is 9.13. The lowest BCUT2D eigenvalue weighted by Gasteiger charge is -2.44. The number of ether oxygens (including phenoxy) is 1. The number of aliphatic hydroxyl groups is 1. The highest BCUT2D eigenvalue weighted by atomic mass is 28.4. The van der Waals surface area contributed by atoms with E-state index in [4.69, 9.17) is 9.16 Å². The first-order chi connectivity index (χ1) is 14.9. The maximum absolute atomic E-state index is 12.4. The number of amides is 1. The minimum atomic E-state index is -1.91. The summed E-state index contributed by atoms with van der Waals surface area (Å²) < 4.78 is 11.0. The number of carbonyl (C=O) groups excluding carboxylic acids is 2. The molecule has 0 unspecified atom stereocenters. The Kier molecular flexibility index (Phi) is 7.71. The lowest BCUT2D eigenvalue weighted by molar-refractivity contribution is -0.384. The number of nitro groups is 1. The molecule has 2 rings (SSSR count). The Morgan fingerprint density at radius 2 is 1.91 bits per heavy atom. The van der Waals surface area contributed by atoms with Crippen molar-refractivity contribution < 1.29 is 28.8 Å². The fourth-order valence-corrected chi connectivity index (χ4v) is 4.76. The molecule has 4 atom stereocenters. The number of nitrogens with one attached hydrogen (secondary N) is 1. The predicted octanol–water partition coefficient (Wildman–Crippen LogP) is 3.25. The third-order valence-corrected chi connectivity index (χ3v) is 6.15. The lowest BCUT2D eigenvalue weighted by atomic mass is 9.78. The van der Waals surface area contributed by atoms with Crippen LogP contribution in [-0.4, -0.2) is 42.4 Å².